The molecule has 1 N–H and O–H groups in total. The SMILES string of the molecule is COc1ccc2c(O[C@@H]3C[C@H]4C(=O)C[C@]5(C(=O)NS(=O)(=O)C6CC6)C[C@@H]5/C=C\CCCCC[C@H](Cc5cc(C)cc(F)c5)C(=O)N4C3)cc(-c3nc(C(C)C)cs3)nc2c1C. The molecule has 11 nitrogen and oxygen atoms in total. The van der Waals surface area contributed by atoms with Gasteiger partial charge in [0.15, 0.2) is 5.78 Å². The number of nitrogens with one attached hydrogen (secondary N) is 1. The lowest BCUT2D eigenvalue weighted by Gasteiger charge is -2.29. The summed E-state index contributed by atoms with van der Waals surface area (Å²) in [5, 5.41) is 2.91. The number of carbonyl (C=O) groups is 3. The third-order valence-electron chi connectivity index (χ3n) is 12.9. The summed E-state index contributed by atoms with van der Waals surface area (Å²) in [6.45, 7) is 8.05. The molecule has 1 saturated heterocycles. The number of fused-ring (bicyclic) bond motifs is 3. The second kappa shape index (κ2) is 17.2. The molecule has 61 heavy (non-hydrogen) atoms. The van der Waals surface area contributed by atoms with Crippen LogP contribution in [0.3, 0.4) is 0 Å². The van der Waals surface area contributed by atoms with Crippen molar-refractivity contribution < 1.29 is 36.7 Å². The second-order valence-corrected chi connectivity index (χ2v) is 20.7. The Morgan fingerprint density at radius 3 is 2.57 bits per heavy atom. The molecule has 2 aromatic heterocycles. The Morgan fingerprint density at radius 1 is 1.05 bits per heavy atom. The number of carbonyl (C=O) groups excluding carboxylic acids is 3. The van der Waals surface area contributed by atoms with Gasteiger partial charge in [-0.25, -0.2) is 22.8 Å². The number of hydrogen-bond donors (Lipinski definition) is 1. The van der Waals surface area contributed by atoms with Crippen molar-refractivity contribution in [2.24, 2.45) is 17.3 Å². The summed E-state index contributed by atoms with van der Waals surface area (Å²) in [7, 11) is -2.25. The first-order valence-electron chi connectivity index (χ1n) is 21.6. The summed E-state index contributed by atoms with van der Waals surface area (Å²) in [5.74, 6) is -0.958. The molecule has 4 aromatic rings. The van der Waals surface area contributed by atoms with Gasteiger partial charge in [-0.3, -0.25) is 19.1 Å². The predicted molar refractivity (Wildman–Crippen MR) is 234 cm³/mol. The molecule has 324 valence electrons. The molecule has 0 radical (unpaired) electrons. The minimum absolute atomic E-state index is 0.107. The number of thiazole rings is 1. The number of methoxy groups -OCH3 is 1. The number of ether oxygens (including phenoxy) is 2. The van der Waals surface area contributed by atoms with Gasteiger partial charge in [-0.2, -0.15) is 0 Å². The number of benzene rings is 2. The first kappa shape index (κ1) is 43.0. The largest absolute Gasteiger partial charge is 0.496 e. The fourth-order valence-electron chi connectivity index (χ4n) is 9.19. The minimum atomic E-state index is -3.86. The molecule has 0 bridgehead atoms. The molecule has 0 spiro atoms. The highest BCUT2D eigenvalue weighted by molar-refractivity contribution is 7.90. The van der Waals surface area contributed by atoms with Crippen LogP contribution < -0.4 is 14.2 Å². The van der Waals surface area contributed by atoms with Crippen LogP contribution in [0.25, 0.3) is 21.6 Å². The van der Waals surface area contributed by atoms with E-state index >= 15 is 4.79 Å². The minimum Gasteiger partial charge on any atom is -0.496 e. The Balaban J connectivity index is 1.16. The van der Waals surface area contributed by atoms with E-state index in [1.807, 2.05) is 55.6 Å². The lowest BCUT2D eigenvalue weighted by molar-refractivity contribution is -0.142. The van der Waals surface area contributed by atoms with Gasteiger partial charge in [0, 0.05) is 41.2 Å². The third-order valence-corrected chi connectivity index (χ3v) is 15.6. The second-order valence-electron chi connectivity index (χ2n) is 17.9. The quantitative estimate of drug-likeness (QED) is 0.155. The molecule has 2 saturated carbocycles. The first-order valence-corrected chi connectivity index (χ1v) is 24.0. The van der Waals surface area contributed by atoms with Gasteiger partial charge in [-0.15, -0.1) is 11.3 Å². The van der Waals surface area contributed by atoms with Crippen molar-refractivity contribution in [3.63, 3.8) is 0 Å². The summed E-state index contributed by atoms with van der Waals surface area (Å²) >= 11 is 1.50. The van der Waals surface area contributed by atoms with Gasteiger partial charge in [0.2, 0.25) is 21.8 Å². The lowest BCUT2D eigenvalue weighted by atomic mass is 9.89. The normalized spacial score (nSPS) is 25.4. The number of nitrogens with zero attached hydrogens (tertiary/aromatic N) is 3. The molecule has 0 unspecified atom stereocenters. The van der Waals surface area contributed by atoms with Crippen molar-refractivity contribution in [3.8, 4) is 22.2 Å². The molecule has 4 aliphatic rings. The van der Waals surface area contributed by atoms with Crippen LogP contribution in [0.4, 0.5) is 4.39 Å². The summed E-state index contributed by atoms with van der Waals surface area (Å²) in [5.41, 5.74) is 3.32. The molecule has 14 heteroatoms. The van der Waals surface area contributed by atoms with Crippen molar-refractivity contribution >= 4 is 49.9 Å². The Kier molecular flexibility index (Phi) is 12.1. The number of halogens is 1. The molecule has 2 aliphatic carbocycles. The van der Waals surface area contributed by atoms with Crippen molar-refractivity contribution in [3.05, 3.63) is 82.1 Å². The Morgan fingerprint density at radius 2 is 1.85 bits per heavy atom. The van der Waals surface area contributed by atoms with Crippen LogP contribution >= 0.6 is 11.3 Å². The molecular weight excluding hydrogens is 816 g/mol. The highest BCUT2D eigenvalue weighted by atomic mass is 32.2. The molecule has 8 rings (SSSR count). The third kappa shape index (κ3) is 9.12. The van der Waals surface area contributed by atoms with Crippen LogP contribution in [0.15, 0.2) is 53.9 Å². The van der Waals surface area contributed by atoms with E-state index in [1.54, 1.807) is 12.0 Å². The monoisotopic (exact) mass is 870 g/mol. The summed E-state index contributed by atoms with van der Waals surface area (Å²) in [6.07, 6.45) is 8.78. The maximum atomic E-state index is 15.0. The number of aromatic nitrogens is 2. The number of aryl methyl sites for hydroxylation is 2. The van der Waals surface area contributed by atoms with Gasteiger partial charge in [0.05, 0.1) is 41.6 Å². The Bertz CT molecular complexity index is 2480. The number of hydrogen-bond acceptors (Lipinski definition) is 10. The fraction of sp³-hybridized carbons (Fsp3) is 0.511. The molecule has 2 amide bonds. The highest BCUT2D eigenvalue weighted by Crippen LogP contribution is 2.57. The molecular formula is C47H55FN4O7S2. The van der Waals surface area contributed by atoms with E-state index in [0.717, 1.165) is 52.9 Å². The van der Waals surface area contributed by atoms with Crippen LogP contribution in [0.2, 0.25) is 0 Å². The van der Waals surface area contributed by atoms with Gasteiger partial charge in [0.1, 0.15) is 34.1 Å². The number of sulfonamides is 1. The zero-order valence-corrected chi connectivity index (χ0v) is 37.2. The molecule has 4 heterocycles. The topological polar surface area (TPSA) is 145 Å². The van der Waals surface area contributed by atoms with Crippen LogP contribution in [0.1, 0.15) is 106 Å². The number of Topliss-reactive ketones (excluding diaryl/α,β-unsaturated/α-hetero) is 1. The van der Waals surface area contributed by atoms with Crippen LogP contribution in [0, 0.1) is 36.9 Å². The highest BCUT2D eigenvalue weighted by Gasteiger charge is 2.61. The maximum Gasteiger partial charge on any atom is 0.240 e. The average molecular weight is 871 g/mol. The van der Waals surface area contributed by atoms with E-state index in [2.05, 4.69) is 18.6 Å². The molecule has 2 aliphatic heterocycles. The molecule has 3 fully saturated rings. The number of allylic oxidation sites excluding steroid dienone is 2. The number of pyridine rings is 1. The Labute approximate surface area is 361 Å². The van der Waals surface area contributed by atoms with Crippen molar-refractivity contribution in [1.29, 1.82) is 0 Å². The number of amides is 2. The van der Waals surface area contributed by atoms with Crippen LogP contribution in [-0.4, -0.2) is 71.9 Å². The van der Waals surface area contributed by atoms with E-state index in [-0.39, 0.29) is 48.7 Å². The van der Waals surface area contributed by atoms with Gasteiger partial charge in [-0.05, 0) is 106 Å². The molecule has 5 atom stereocenters. The summed E-state index contributed by atoms with van der Waals surface area (Å²) < 4.78 is 55.6. The Hall–Kier alpha value is -4.69. The zero-order valence-electron chi connectivity index (χ0n) is 35.5. The molecule has 2 aromatic carbocycles. The van der Waals surface area contributed by atoms with Gasteiger partial charge >= 0.3 is 0 Å². The van der Waals surface area contributed by atoms with Crippen LogP contribution in [0.5, 0.6) is 11.5 Å². The predicted octanol–water partition coefficient (Wildman–Crippen LogP) is 8.55. The van der Waals surface area contributed by atoms with Crippen molar-refractivity contribution in [2.45, 2.75) is 122 Å². The van der Waals surface area contributed by atoms with Crippen molar-refractivity contribution in [2.75, 3.05) is 13.7 Å². The maximum absolute atomic E-state index is 15.0. The van der Waals surface area contributed by atoms with Crippen LogP contribution in [-0.2, 0) is 30.8 Å². The number of ketones is 1. The van der Waals surface area contributed by atoms with E-state index in [1.165, 1.54) is 23.5 Å². The van der Waals surface area contributed by atoms with E-state index in [9.17, 15) is 22.4 Å². The first-order chi connectivity index (χ1) is 29.1. The average Bonchev–Trinajstić information content (AvgIpc) is 4.08. The van der Waals surface area contributed by atoms with E-state index in [0.29, 0.717) is 60.4 Å². The van der Waals surface area contributed by atoms with E-state index in [4.69, 9.17) is 19.4 Å². The lowest BCUT2D eigenvalue weighted by Crippen LogP contribution is -2.46. The van der Waals surface area contributed by atoms with E-state index < -0.39 is 44.7 Å². The van der Waals surface area contributed by atoms with Gasteiger partial charge in [-0.1, -0.05) is 44.9 Å². The standard InChI is InChI=1S/C47H55FN4O7S2/c1-27(2)38-26-60-44(50-38)37-22-42(36-15-16-41(58-5)29(4)43(36)49-37)59-34-21-39-40(53)24-47(46(55)51-61(56,57)35-13-14-35)23-32(47)12-10-8-6-7-9-11-31(45(54)52(39)25-34)19-30-17-28(3)18-33(48)20-30/h10,12,15-18,20,22,26-27,31-32,34-35,39H,6-9,11,13-14,19,21,23-25H2,1-5H3,(H,51,55)/b12-10-/t31-,32+,34-,39+,47-/m1/s1. The smallest absolute Gasteiger partial charge is 0.240 e. The van der Waals surface area contributed by atoms with Gasteiger partial charge < -0.3 is 14.4 Å². The number of rotatable bonds is 10. The van der Waals surface area contributed by atoms with Crippen molar-refractivity contribution in [1.82, 2.24) is 19.6 Å². The zero-order chi connectivity index (χ0) is 43.2. The summed E-state index contributed by atoms with van der Waals surface area (Å²) in [4.78, 5) is 55.3. The van der Waals surface area contributed by atoms with Gasteiger partial charge in [0.25, 0.3) is 0 Å². The fourth-order valence-corrected chi connectivity index (χ4v) is 11.5. The summed E-state index contributed by atoms with van der Waals surface area (Å²) in [6, 6.07) is 9.53.